The van der Waals surface area contributed by atoms with Crippen LogP contribution in [0.5, 0.6) is 0 Å². The first-order valence-electron chi connectivity index (χ1n) is 9.13. The number of nitrogens with zero attached hydrogens (tertiary/aromatic N) is 8. The number of hydrogen-bond acceptors (Lipinski definition) is 8. The third kappa shape index (κ3) is 3.22. The van der Waals surface area contributed by atoms with E-state index >= 15 is 0 Å². The van der Waals surface area contributed by atoms with E-state index in [1.807, 2.05) is 12.1 Å². The van der Waals surface area contributed by atoms with E-state index in [0.29, 0.717) is 17.2 Å². The van der Waals surface area contributed by atoms with Crippen LogP contribution < -0.4 is 5.32 Å². The zero-order valence-electron chi connectivity index (χ0n) is 15.2. The summed E-state index contributed by atoms with van der Waals surface area (Å²) in [5.74, 6) is 0.782. The molecule has 11 heteroatoms. The van der Waals surface area contributed by atoms with Crippen LogP contribution in [0.4, 0.5) is 0 Å². The van der Waals surface area contributed by atoms with Crippen LogP contribution in [0.15, 0.2) is 43.2 Å². The summed E-state index contributed by atoms with van der Waals surface area (Å²) in [7, 11) is 0. The zero-order valence-corrected chi connectivity index (χ0v) is 15.2. The minimum atomic E-state index is -0.265. The predicted molar refractivity (Wildman–Crippen MR) is 99.7 cm³/mol. The minimum Gasteiger partial charge on any atom is -0.345 e. The molecule has 5 rings (SSSR count). The van der Waals surface area contributed by atoms with Gasteiger partial charge in [-0.2, -0.15) is 9.78 Å². The second kappa shape index (κ2) is 7.19. The molecule has 0 radical (unpaired) electrons. The molecule has 0 aromatic carbocycles. The van der Waals surface area contributed by atoms with Gasteiger partial charge in [-0.1, -0.05) is 0 Å². The van der Waals surface area contributed by atoms with Crippen molar-refractivity contribution >= 4 is 5.91 Å². The fourth-order valence-electron chi connectivity index (χ4n) is 3.45. The Balaban J connectivity index is 1.40. The van der Waals surface area contributed by atoms with Gasteiger partial charge in [-0.3, -0.25) is 14.9 Å². The number of aromatic amines is 1. The van der Waals surface area contributed by atoms with E-state index in [1.54, 1.807) is 18.6 Å². The van der Waals surface area contributed by atoms with Gasteiger partial charge in [0.05, 0.1) is 12.2 Å². The lowest BCUT2D eigenvalue weighted by Crippen LogP contribution is -2.32. The van der Waals surface area contributed by atoms with Crippen LogP contribution in [0.1, 0.15) is 40.5 Å². The van der Waals surface area contributed by atoms with Crippen LogP contribution in [0.3, 0.4) is 0 Å². The van der Waals surface area contributed by atoms with Crippen molar-refractivity contribution in [3.05, 3.63) is 60.1 Å². The van der Waals surface area contributed by atoms with Crippen molar-refractivity contribution in [2.24, 2.45) is 0 Å². The molecule has 0 aliphatic heterocycles. The lowest BCUT2D eigenvalue weighted by Gasteiger charge is -2.25. The number of carbonyl (C=O) groups excluding carboxylic acids is 1. The summed E-state index contributed by atoms with van der Waals surface area (Å²) in [4.78, 5) is 26.2. The molecule has 1 aliphatic carbocycles. The van der Waals surface area contributed by atoms with Crippen molar-refractivity contribution in [1.29, 1.82) is 0 Å². The third-order valence-corrected chi connectivity index (χ3v) is 4.85. The van der Waals surface area contributed by atoms with Crippen molar-refractivity contribution < 1.29 is 4.79 Å². The van der Waals surface area contributed by atoms with Crippen molar-refractivity contribution in [2.45, 2.75) is 25.3 Å². The van der Waals surface area contributed by atoms with Crippen LogP contribution in [0.25, 0.3) is 17.2 Å². The molecule has 1 aliphatic rings. The average Bonchev–Trinajstić information content (AvgIpc) is 3.46. The smallest absolute Gasteiger partial charge is 0.257 e. The Bertz CT molecular complexity index is 1140. The van der Waals surface area contributed by atoms with Crippen molar-refractivity contribution in [2.75, 3.05) is 0 Å². The second-order valence-electron chi connectivity index (χ2n) is 6.64. The van der Waals surface area contributed by atoms with Gasteiger partial charge < -0.3 is 5.32 Å². The Kier molecular flexibility index (Phi) is 4.24. The highest BCUT2D eigenvalue weighted by molar-refractivity contribution is 5.97. The Hall–Kier alpha value is -4.02. The number of hydrogen-bond donors (Lipinski definition) is 2. The van der Waals surface area contributed by atoms with Crippen molar-refractivity contribution in [1.82, 2.24) is 50.7 Å². The molecule has 0 unspecified atom stereocenters. The van der Waals surface area contributed by atoms with E-state index in [9.17, 15) is 4.79 Å². The molecule has 0 saturated carbocycles. The maximum absolute atomic E-state index is 12.9. The fourth-order valence-corrected chi connectivity index (χ4v) is 3.45. The molecule has 0 fully saturated rings. The number of pyridine rings is 1. The number of fused-ring (bicyclic) bond motifs is 1. The van der Waals surface area contributed by atoms with E-state index in [2.05, 4.69) is 41.0 Å². The highest BCUT2D eigenvalue weighted by Gasteiger charge is 2.26. The van der Waals surface area contributed by atoms with Gasteiger partial charge in [0.1, 0.15) is 11.9 Å². The maximum Gasteiger partial charge on any atom is 0.257 e. The highest BCUT2D eigenvalue weighted by Crippen LogP contribution is 2.30. The molecule has 0 spiro atoms. The summed E-state index contributed by atoms with van der Waals surface area (Å²) in [5, 5.41) is 20.7. The number of aromatic nitrogens is 9. The highest BCUT2D eigenvalue weighted by atomic mass is 16.1. The standard InChI is InChI=1S/C18H16N10O/c29-18(13-9-21-25-17(13)28-10-22-26-27-28)24-15-5-1-4-14-12(15)8-20-16(23-14)11-3-2-6-19-7-11/h2-3,6-10,15H,1,4-5H2,(H,21,25)(H,24,29)/t15-/m0/s1. The van der Waals surface area contributed by atoms with Gasteiger partial charge in [0, 0.05) is 35.4 Å². The summed E-state index contributed by atoms with van der Waals surface area (Å²) in [6.07, 6.45) is 10.7. The van der Waals surface area contributed by atoms with Crippen LogP contribution in [-0.4, -0.2) is 51.3 Å². The summed E-state index contributed by atoms with van der Waals surface area (Å²) in [6, 6.07) is 3.61. The third-order valence-electron chi connectivity index (χ3n) is 4.85. The van der Waals surface area contributed by atoms with Gasteiger partial charge >= 0.3 is 0 Å². The predicted octanol–water partition coefficient (Wildman–Crippen LogP) is 1.04. The quantitative estimate of drug-likeness (QED) is 0.528. The van der Waals surface area contributed by atoms with Crippen LogP contribution in [0.2, 0.25) is 0 Å². The Morgan fingerprint density at radius 1 is 1.28 bits per heavy atom. The first kappa shape index (κ1) is 17.1. The molecule has 0 saturated heterocycles. The van der Waals surface area contributed by atoms with Gasteiger partial charge in [0.25, 0.3) is 5.91 Å². The van der Waals surface area contributed by atoms with E-state index in [-0.39, 0.29) is 11.9 Å². The van der Waals surface area contributed by atoms with Crippen LogP contribution >= 0.6 is 0 Å². The molecule has 11 nitrogen and oxygen atoms in total. The number of carbonyl (C=O) groups is 1. The largest absolute Gasteiger partial charge is 0.345 e. The van der Waals surface area contributed by atoms with E-state index < -0.39 is 0 Å². The zero-order chi connectivity index (χ0) is 19.6. The minimum absolute atomic E-state index is 0.175. The van der Waals surface area contributed by atoms with E-state index in [4.69, 9.17) is 4.98 Å². The topological polar surface area (TPSA) is 140 Å². The van der Waals surface area contributed by atoms with Gasteiger partial charge in [0.15, 0.2) is 11.6 Å². The summed E-state index contributed by atoms with van der Waals surface area (Å²) >= 11 is 0. The fraction of sp³-hybridized carbons (Fsp3) is 0.222. The van der Waals surface area contributed by atoms with Crippen LogP contribution in [-0.2, 0) is 6.42 Å². The molecule has 4 heterocycles. The Morgan fingerprint density at radius 2 is 2.24 bits per heavy atom. The summed E-state index contributed by atoms with van der Waals surface area (Å²) < 4.78 is 1.36. The monoisotopic (exact) mass is 388 g/mol. The normalized spacial score (nSPS) is 15.7. The Morgan fingerprint density at radius 3 is 3.07 bits per heavy atom. The molecule has 4 aromatic rings. The molecular formula is C18H16N10O. The van der Waals surface area contributed by atoms with Crippen LogP contribution in [0, 0.1) is 0 Å². The number of nitrogens with one attached hydrogen (secondary N) is 2. The molecule has 1 atom stereocenters. The maximum atomic E-state index is 12.9. The average molecular weight is 388 g/mol. The molecule has 1 amide bonds. The van der Waals surface area contributed by atoms with E-state index in [1.165, 1.54) is 17.2 Å². The number of tetrazole rings is 1. The molecule has 2 N–H and O–H groups in total. The summed E-state index contributed by atoms with van der Waals surface area (Å²) in [5.41, 5.74) is 3.11. The second-order valence-corrected chi connectivity index (χ2v) is 6.64. The Labute approximate surface area is 164 Å². The van der Waals surface area contributed by atoms with Gasteiger partial charge in [-0.05, 0) is 41.8 Å². The van der Waals surface area contributed by atoms with Gasteiger partial charge in [0.2, 0.25) is 0 Å². The molecule has 4 aromatic heterocycles. The summed E-state index contributed by atoms with van der Waals surface area (Å²) in [6.45, 7) is 0. The van der Waals surface area contributed by atoms with Crippen molar-refractivity contribution in [3.8, 4) is 17.2 Å². The lowest BCUT2D eigenvalue weighted by atomic mass is 9.92. The van der Waals surface area contributed by atoms with Gasteiger partial charge in [-0.15, -0.1) is 5.10 Å². The SMILES string of the molecule is O=C(N[C@H]1CCCc2nc(-c3cccnc3)ncc21)c1cn[nH]c1-n1cnnn1. The molecule has 144 valence electrons. The molecular weight excluding hydrogens is 372 g/mol. The molecule has 0 bridgehead atoms. The van der Waals surface area contributed by atoms with Gasteiger partial charge in [-0.25, -0.2) is 9.97 Å². The first-order chi connectivity index (χ1) is 14.3. The molecule has 29 heavy (non-hydrogen) atoms. The number of rotatable bonds is 4. The first-order valence-corrected chi connectivity index (χ1v) is 9.13. The van der Waals surface area contributed by atoms with Crippen molar-refractivity contribution in [3.63, 3.8) is 0 Å². The number of aryl methyl sites for hydroxylation is 1. The lowest BCUT2D eigenvalue weighted by molar-refractivity contribution is 0.0932. The number of H-pyrrole nitrogens is 1. The number of amides is 1. The van der Waals surface area contributed by atoms with E-state index in [0.717, 1.165) is 36.1 Å².